The summed E-state index contributed by atoms with van der Waals surface area (Å²) in [5, 5.41) is 3.69. The maximum atomic E-state index is 12.6. The first-order valence-corrected chi connectivity index (χ1v) is 8.30. The number of nitrogens with zero attached hydrogens (tertiary/aromatic N) is 2. The first-order chi connectivity index (χ1) is 11.2. The summed E-state index contributed by atoms with van der Waals surface area (Å²) in [4.78, 5) is 22.5. The Morgan fingerprint density at radius 3 is 2.91 bits per heavy atom. The van der Waals surface area contributed by atoms with Crippen LogP contribution >= 0.6 is 11.6 Å². The average Bonchev–Trinajstić information content (AvgIpc) is 3.29. The Balaban J connectivity index is 1.42. The van der Waals surface area contributed by atoms with Gasteiger partial charge in [0.15, 0.2) is 0 Å². The molecule has 2 fully saturated rings. The van der Waals surface area contributed by atoms with Crippen LogP contribution in [0.2, 0.25) is 5.02 Å². The van der Waals surface area contributed by atoms with Gasteiger partial charge in [0, 0.05) is 18.1 Å². The molecule has 0 atom stereocenters. The third kappa shape index (κ3) is 2.82. The lowest BCUT2D eigenvalue weighted by Crippen LogP contribution is -2.53. The second-order valence-corrected chi connectivity index (χ2v) is 6.60. The highest BCUT2D eigenvalue weighted by Crippen LogP contribution is 2.42. The molecule has 1 aromatic carbocycles. The molecular formula is C16H19ClN4O2. The minimum Gasteiger partial charge on any atom is -0.379 e. The van der Waals surface area contributed by atoms with E-state index in [9.17, 15) is 4.79 Å². The Morgan fingerprint density at radius 2 is 2.17 bits per heavy atom. The number of morpholine rings is 1. The Labute approximate surface area is 139 Å². The minimum absolute atomic E-state index is 0.0953. The predicted molar refractivity (Wildman–Crippen MR) is 87.3 cm³/mol. The number of nitrogens with one attached hydrogen (secondary N) is 2. The van der Waals surface area contributed by atoms with Gasteiger partial charge in [0.1, 0.15) is 11.4 Å². The Hall–Kier alpha value is -1.63. The molecule has 2 aromatic rings. The number of hydrogen-bond donors (Lipinski definition) is 2. The number of benzene rings is 1. The molecule has 6 nitrogen and oxygen atoms in total. The lowest BCUT2D eigenvalue weighted by atomic mass is 10.2. The number of carbonyl (C=O) groups is 1. The quantitative estimate of drug-likeness (QED) is 0.893. The number of imidazole rings is 1. The monoisotopic (exact) mass is 334 g/mol. The molecule has 0 unspecified atom stereocenters. The summed E-state index contributed by atoms with van der Waals surface area (Å²) in [5.41, 5.74) is 1.42. The van der Waals surface area contributed by atoms with Gasteiger partial charge in [-0.1, -0.05) is 11.6 Å². The number of ether oxygens (including phenoxy) is 1. The van der Waals surface area contributed by atoms with E-state index in [0.29, 0.717) is 24.8 Å². The molecule has 2 aliphatic rings. The lowest BCUT2D eigenvalue weighted by Gasteiger charge is -2.33. The molecule has 7 heteroatoms. The van der Waals surface area contributed by atoms with Crippen molar-refractivity contribution in [3.05, 3.63) is 29.0 Å². The Bertz CT molecular complexity index is 735. The van der Waals surface area contributed by atoms with Gasteiger partial charge in [0.25, 0.3) is 0 Å². The van der Waals surface area contributed by atoms with Crippen LogP contribution in [0.3, 0.4) is 0 Å². The molecule has 23 heavy (non-hydrogen) atoms. The first-order valence-electron chi connectivity index (χ1n) is 7.93. The van der Waals surface area contributed by atoms with E-state index in [1.165, 1.54) is 0 Å². The van der Waals surface area contributed by atoms with E-state index in [4.69, 9.17) is 16.3 Å². The van der Waals surface area contributed by atoms with Gasteiger partial charge in [0.05, 0.1) is 30.8 Å². The van der Waals surface area contributed by atoms with E-state index in [2.05, 4.69) is 20.2 Å². The van der Waals surface area contributed by atoms with E-state index in [1.807, 2.05) is 18.2 Å². The van der Waals surface area contributed by atoms with Gasteiger partial charge >= 0.3 is 0 Å². The first kappa shape index (κ1) is 14.9. The van der Waals surface area contributed by atoms with Gasteiger partial charge in [-0.15, -0.1) is 0 Å². The van der Waals surface area contributed by atoms with E-state index >= 15 is 0 Å². The number of amides is 1. The van der Waals surface area contributed by atoms with Crippen LogP contribution in [-0.2, 0) is 16.1 Å². The summed E-state index contributed by atoms with van der Waals surface area (Å²) < 4.78 is 5.38. The van der Waals surface area contributed by atoms with Gasteiger partial charge in [-0.2, -0.15) is 0 Å². The minimum atomic E-state index is -0.320. The highest BCUT2D eigenvalue weighted by molar-refractivity contribution is 6.31. The smallest absolute Gasteiger partial charge is 0.240 e. The molecule has 0 spiro atoms. The molecule has 1 aliphatic heterocycles. The van der Waals surface area contributed by atoms with Crippen molar-refractivity contribution in [1.82, 2.24) is 20.2 Å². The third-order valence-electron chi connectivity index (χ3n) is 4.67. The van der Waals surface area contributed by atoms with Gasteiger partial charge in [-0.25, -0.2) is 4.98 Å². The third-order valence-corrected chi connectivity index (χ3v) is 4.91. The van der Waals surface area contributed by atoms with Crippen LogP contribution in [0.5, 0.6) is 0 Å². The molecule has 1 aliphatic carbocycles. The molecule has 2 N–H and O–H groups in total. The molecule has 1 saturated carbocycles. The van der Waals surface area contributed by atoms with Gasteiger partial charge in [0.2, 0.25) is 5.91 Å². The molecule has 1 amide bonds. The largest absolute Gasteiger partial charge is 0.379 e. The highest BCUT2D eigenvalue weighted by Gasteiger charge is 2.54. The summed E-state index contributed by atoms with van der Waals surface area (Å²) in [6.45, 7) is 3.48. The van der Waals surface area contributed by atoms with Crippen molar-refractivity contribution in [3.63, 3.8) is 0 Å². The van der Waals surface area contributed by atoms with Crippen molar-refractivity contribution >= 4 is 28.5 Å². The van der Waals surface area contributed by atoms with E-state index in [0.717, 1.165) is 42.8 Å². The number of carbonyl (C=O) groups excluding carboxylic acids is 1. The van der Waals surface area contributed by atoms with Crippen molar-refractivity contribution < 1.29 is 9.53 Å². The Morgan fingerprint density at radius 1 is 1.39 bits per heavy atom. The van der Waals surface area contributed by atoms with E-state index in [1.54, 1.807) is 0 Å². The molecule has 122 valence electrons. The summed E-state index contributed by atoms with van der Waals surface area (Å²) in [6, 6.07) is 5.52. The maximum absolute atomic E-state index is 12.6. The molecular weight excluding hydrogens is 316 g/mol. The fourth-order valence-corrected chi connectivity index (χ4v) is 3.42. The second-order valence-electron chi connectivity index (χ2n) is 6.16. The summed E-state index contributed by atoms with van der Waals surface area (Å²) in [6.07, 6.45) is 1.85. The van der Waals surface area contributed by atoms with E-state index in [-0.39, 0.29) is 11.4 Å². The topological polar surface area (TPSA) is 70.2 Å². The zero-order chi connectivity index (χ0) is 15.9. The van der Waals surface area contributed by atoms with Gasteiger partial charge in [-0.3, -0.25) is 9.69 Å². The average molecular weight is 335 g/mol. The maximum Gasteiger partial charge on any atom is 0.240 e. The van der Waals surface area contributed by atoms with Crippen LogP contribution in [-0.4, -0.2) is 52.6 Å². The van der Waals surface area contributed by atoms with Crippen LogP contribution in [0.25, 0.3) is 11.0 Å². The predicted octanol–water partition coefficient (Wildman–Crippen LogP) is 1.70. The van der Waals surface area contributed by atoms with Crippen molar-refractivity contribution in [2.75, 3.05) is 26.3 Å². The molecule has 0 bridgehead atoms. The van der Waals surface area contributed by atoms with Gasteiger partial charge < -0.3 is 15.0 Å². The van der Waals surface area contributed by atoms with E-state index < -0.39 is 0 Å². The normalized spacial score (nSPS) is 20.6. The summed E-state index contributed by atoms with van der Waals surface area (Å²) in [7, 11) is 0. The highest BCUT2D eigenvalue weighted by atomic mass is 35.5. The SMILES string of the molecule is O=C(NCc1nc2ccc(Cl)cc2[nH]1)C1(N2CCOCC2)CC1. The number of rotatable bonds is 4. The summed E-state index contributed by atoms with van der Waals surface area (Å²) in [5.74, 6) is 0.839. The fraction of sp³-hybridized carbons (Fsp3) is 0.500. The number of aromatic amines is 1. The van der Waals surface area contributed by atoms with Crippen molar-refractivity contribution in [2.24, 2.45) is 0 Å². The number of hydrogen-bond acceptors (Lipinski definition) is 4. The van der Waals surface area contributed by atoms with Gasteiger partial charge in [-0.05, 0) is 31.0 Å². The van der Waals surface area contributed by atoms with Crippen LogP contribution < -0.4 is 5.32 Å². The molecule has 2 heterocycles. The van der Waals surface area contributed by atoms with Crippen molar-refractivity contribution in [1.29, 1.82) is 0 Å². The number of fused-ring (bicyclic) bond motifs is 1. The molecule has 4 rings (SSSR count). The zero-order valence-electron chi connectivity index (χ0n) is 12.8. The second kappa shape index (κ2) is 5.78. The summed E-state index contributed by atoms with van der Waals surface area (Å²) >= 11 is 5.98. The lowest BCUT2D eigenvalue weighted by molar-refractivity contribution is -0.130. The molecule has 1 saturated heterocycles. The number of H-pyrrole nitrogens is 1. The Kier molecular flexibility index (Phi) is 3.75. The zero-order valence-corrected chi connectivity index (χ0v) is 13.5. The van der Waals surface area contributed by atoms with Crippen molar-refractivity contribution in [2.45, 2.75) is 24.9 Å². The fourth-order valence-electron chi connectivity index (χ4n) is 3.24. The molecule has 0 radical (unpaired) electrons. The number of halogens is 1. The van der Waals surface area contributed by atoms with Crippen LogP contribution in [0.1, 0.15) is 18.7 Å². The van der Waals surface area contributed by atoms with Crippen LogP contribution in [0, 0.1) is 0 Å². The number of aromatic nitrogens is 2. The molecule has 1 aromatic heterocycles. The van der Waals surface area contributed by atoms with Crippen LogP contribution in [0.15, 0.2) is 18.2 Å². The van der Waals surface area contributed by atoms with Crippen LogP contribution in [0.4, 0.5) is 0 Å². The van der Waals surface area contributed by atoms with Crippen molar-refractivity contribution in [3.8, 4) is 0 Å². The standard InChI is InChI=1S/C16H19ClN4O2/c17-11-1-2-12-13(9-11)20-14(19-12)10-18-15(22)16(3-4-16)21-5-7-23-8-6-21/h1-2,9H,3-8,10H2,(H,18,22)(H,19,20).